The lowest BCUT2D eigenvalue weighted by atomic mass is 9.88. The summed E-state index contributed by atoms with van der Waals surface area (Å²) in [6.07, 6.45) is 3.36. The summed E-state index contributed by atoms with van der Waals surface area (Å²) in [5.41, 5.74) is 1.08. The number of nitrogens with one attached hydrogen (secondary N) is 2. The van der Waals surface area contributed by atoms with Gasteiger partial charge >= 0.3 is 0 Å². The monoisotopic (exact) mass is 274 g/mol. The molecule has 4 heteroatoms. The zero-order valence-corrected chi connectivity index (χ0v) is 11.9. The lowest BCUT2D eigenvalue weighted by Crippen LogP contribution is -2.37. The average Bonchev–Trinajstić information content (AvgIpc) is 3.08. The van der Waals surface area contributed by atoms with Crippen LogP contribution in [-0.4, -0.2) is 24.6 Å². The van der Waals surface area contributed by atoms with Crippen molar-refractivity contribution in [1.82, 2.24) is 10.6 Å². The first-order valence-corrected chi connectivity index (χ1v) is 7.51. The molecular weight excluding hydrogens is 252 g/mol. The molecule has 2 aliphatic rings. The lowest BCUT2D eigenvalue weighted by molar-refractivity contribution is -0.125. The molecule has 2 saturated heterocycles. The van der Waals surface area contributed by atoms with Crippen molar-refractivity contribution in [2.24, 2.45) is 5.92 Å². The van der Waals surface area contributed by atoms with Crippen molar-refractivity contribution in [3.63, 3.8) is 0 Å². The average molecular weight is 274 g/mol. The molecule has 2 N–H and O–H groups in total. The summed E-state index contributed by atoms with van der Waals surface area (Å²) < 4.78 is 5.47. The number of hydrogen-bond donors (Lipinski definition) is 2. The van der Waals surface area contributed by atoms with Crippen molar-refractivity contribution in [2.45, 2.75) is 44.8 Å². The van der Waals surface area contributed by atoms with Gasteiger partial charge in [0.25, 0.3) is 0 Å². The molecule has 2 bridgehead atoms. The highest BCUT2D eigenvalue weighted by Gasteiger charge is 2.42. The molecule has 0 aromatic heterocycles. The molecule has 3 rings (SSSR count). The van der Waals surface area contributed by atoms with Gasteiger partial charge in [0.15, 0.2) is 0 Å². The largest absolute Gasteiger partial charge is 0.494 e. The van der Waals surface area contributed by atoms with E-state index in [1.165, 1.54) is 6.42 Å². The van der Waals surface area contributed by atoms with Gasteiger partial charge in [-0.25, -0.2) is 0 Å². The number of benzene rings is 1. The number of carbonyl (C=O) groups is 1. The fraction of sp³-hybridized carbons (Fsp3) is 0.562. The van der Waals surface area contributed by atoms with E-state index in [1.807, 2.05) is 31.2 Å². The molecule has 3 atom stereocenters. The van der Waals surface area contributed by atoms with Crippen LogP contribution >= 0.6 is 0 Å². The Morgan fingerprint density at radius 2 is 2.35 bits per heavy atom. The van der Waals surface area contributed by atoms with E-state index in [1.54, 1.807) is 0 Å². The Morgan fingerprint density at radius 3 is 3.05 bits per heavy atom. The molecule has 20 heavy (non-hydrogen) atoms. The maximum atomic E-state index is 12.2. The SMILES string of the molecule is CCOc1cccc(CNC(=O)C2CC3CCC2N3)c1. The van der Waals surface area contributed by atoms with Gasteiger partial charge in [0.05, 0.1) is 12.5 Å². The molecule has 2 aliphatic heterocycles. The molecule has 3 unspecified atom stereocenters. The summed E-state index contributed by atoms with van der Waals surface area (Å²) in [5, 5.41) is 6.56. The fourth-order valence-electron chi connectivity index (χ4n) is 3.35. The lowest BCUT2D eigenvalue weighted by Gasteiger charge is -2.19. The summed E-state index contributed by atoms with van der Waals surface area (Å²) in [4.78, 5) is 12.2. The van der Waals surface area contributed by atoms with Crippen molar-refractivity contribution in [3.8, 4) is 5.75 Å². The Bertz CT molecular complexity index is 489. The molecular formula is C16H22N2O2. The standard InChI is InChI=1S/C16H22N2O2/c1-2-20-13-5-3-4-11(8-13)10-17-16(19)14-9-12-6-7-15(14)18-12/h3-5,8,12,14-15,18H,2,6-7,9-10H2,1H3,(H,17,19). The van der Waals surface area contributed by atoms with Crippen molar-refractivity contribution < 1.29 is 9.53 Å². The van der Waals surface area contributed by atoms with Gasteiger partial charge in [-0.15, -0.1) is 0 Å². The third-order valence-corrected chi connectivity index (χ3v) is 4.31. The van der Waals surface area contributed by atoms with Crippen LogP contribution in [0.3, 0.4) is 0 Å². The van der Waals surface area contributed by atoms with E-state index in [9.17, 15) is 4.79 Å². The molecule has 2 fully saturated rings. The second kappa shape index (κ2) is 5.83. The van der Waals surface area contributed by atoms with E-state index in [4.69, 9.17) is 4.74 Å². The topological polar surface area (TPSA) is 50.4 Å². The molecule has 0 aliphatic carbocycles. The smallest absolute Gasteiger partial charge is 0.225 e. The Labute approximate surface area is 119 Å². The quantitative estimate of drug-likeness (QED) is 0.861. The van der Waals surface area contributed by atoms with Gasteiger partial charge in [-0.05, 0) is 43.9 Å². The summed E-state index contributed by atoms with van der Waals surface area (Å²) in [7, 11) is 0. The first kappa shape index (κ1) is 13.4. The maximum absolute atomic E-state index is 12.2. The molecule has 1 aromatic rings. The second-order valence-corrected chi connectivity index (χ2v) is 5.69. The third-order valence-electron chi connectivity index (χ3n) is 4.31. The molecule has 0 radical (unpaired) electrons. The number of fused-ring (bicyclic) bond motifs is 2. The van der Waals surface area contributed by atoms with Crippen LogP contribution in [0.25, 0.3) is 0 Å². The van der Waals surface area contributed by atoms with Crippen LogP contribution in [0.5, 0.6) is 5.75 Å². The molecule has 1 aromatic carbocycles. The van der Waals surface area contributed by atoms with Crippen LogP contribution in [0.2, 0.25) is 0 Å². The van der Waals surface area contributed by atoms with Gasteiger partial charge in [0, 0.05) is 18.6 Å². The Balaban J connectivity index is 1.54. The first-order chi connectivity index (χ1) is 9.76. The highest BCUT2D eigenvalue weighted by atomic mass is 16.5. The van der Waals surface area contributed by atoms with Crippen molar-refractivity contribution in [1.29, 1.82) is 0 Å². The second-order valence-electron chi connectivity index (χ2n) is 5.69. The van der Waals surface area contributed by atoms with Crippen LogP contribution in [0.4, 0.5) is 0 Å². The molecule has 2 heterocycles. The number of rotatable bonds is 5. The van der Waals surface area contributed by atoms with Gasteiger partial charge in [-0.1, -0.05) is 12.1 Å². The number of ether oxygens (including phenoxy) is 1. The van der Waals surface area contributed by atoms with Gasteiger partial charge in [-0.3, -0.25) is 4.79 Å². The van der Waals surface area contributed by atoms with Gasteiger partial charge in [0.2, 0.25) is 5.91 Å². The first-order valence-electron chi connectivity index (χ1n) is 7.51. The minimum absolute atomic E-state index is 0.156. The summed E-state index contributed by atoms with van der Waals surface area (Å²) in [6.45, 7) is 3.21. The van der Waals surface area contributed by atoms with E-state index < -0.39 is 0 Å². The van der Waals surface area contributed by atoms with Gasteiger partial charge in [0.1, 0.15) is 5.75 Å². The number of hydrogen-bond acceptors (Lipinski definition) is 3. The molecule has 1 amide bonds. The van der Waals surface area contributed by atoms with E-state index in [0.29, 0.717) is 25.2 Å². The van der Waals surface area contributed by atoms with E-state index in [-0.39, 0.29) is 11.8 Å². The minimum atomic E-state index is 0.156. The predicted molar refractivity (Wildman–Crippen MR) is 77.5 cm³/mol. The normalized spacial score (nSPS) is 27.6. The predicted octanol–water partition coefficient (Wildman–Crippen LogP) is 1.84. The zero-order valence-electron chi connectivity index (χ0n) is 11.9. The van der Waals surface area contributed by atoms with Crippen LogP contribution < -0.4 is 15.4 Å². The highest BCUT2D eigenvalue weighted by Crippen LogP contribution is 2.33. The zero-order chi connectivity index (χ0) is 13.9. The van der Waals surface area contributed by atoms with Gasteiger partial charge < -0.3 is 15.4 Å². The number of amides is 1. The summed E-state index contributed by atoms with van der Waals surface area (Å²) in [6, 6.07) is 8.87. The van der Waals surface area contributed by atoms with Crippen LogP contribution in [0.1, 0.15) is 31.7 Å². The fourth-order valence-corrected chi connectivity index (χ4v) is 3.35. The van der Waals surface area contributed by atoms with Crippen LogP contribution in [0.15, 0.2) is 24.3 Å². The van der Waals surface area contributed by atoms with Crippen LogP contribution in [0, 0.1) is 5.92 Å². The summed E-state index contributed by atoms with van der Waals surface area (Å²) >= 11 is 0. The number of carbonyl (C=O) groups excluding carboxylic acids is 1. The van der Waals surface area contributed by atoms with E-state index in [0.717, 1.165) is 24.2 Å². The molecule has 4 nitrogen and oxygen atoms in total. The maximum Gasteiger partial charge on any atom is 0.225 e. The summed E-state index contributed by atoms with van der Waals surface area (Å²) in [5.74, 6) is 1.20. The van der Waals surface area contributed by atoms with Crippen LogP contribution in [-0.2, 0) is 11.3 Å². The highest BCUT2D eigenvalue weighted by molar-refractivity contribution is 5.80. The minimum Gasteiger partial charge on any atom is -0.494 e. The van der Waals surface area contributed by atoms with Crippen molar-refractivity contribution in [3.05, 3.63) is 29.8 Å². The Hall–Kier alpha value is -1.55. The molecule has 0 saturated carbocycles. The van der Waals surface area contributed by atoms with Crippen molar-refractivity contribution >= 4 is 5.91 Å². The van der Waals surface area contributed by atoms with E-state index in [2.05, 4.69) is 10.6 Å². The third kappa shape index (κ3) is 2.80. The Morgan fingerprint density at radius 1 is 1.45 bits per heavy atom. The Kier molecular flexibility index (Phi) is 3.92. The van der Waals surface area contributed by atoms with E-state index >= 15 is 0 Å². The van der Waals surface area contributed by atoms with Crippen molar-refractivity contribution in [2.75, 3.05) is 6.61 Å². The van der Waals surface area contributed by atoms with Gasteiger partial charge in [-0.2, -0.15) is 0 Å². The molecule has 108 valence electrons. The molecule has 0 spiro atoms.